The molecule has 0 bridgehead atoms. The van der Waals surface area contributed by atoms with E-state index < -0.39 is 11.6 Å². The Hall–Kier alpha value is -0.430. The maximum Gasteiger partial charge on any atom is 0.446 e. The fourth-order valence-electron chi connectivity index (χ4n) is 1.10. The molecule has 0 saturated heterocycles. The highest BCUT2D eigenvalue weighted by molar-refractivity contribution is 8.00. The van der Waals surface area contributed by atoms with E-state index >= 15 is 0 Å². The number of rotatable bonds is 3. The molecule has 92 valence electrons. The zero-order chi connectivity index (χ0) is 11.5. The number of nitrogens with two attached hydrogens (primary N) is 1. The third-order valence-corrected chi connectivity index (χ3v) is 2.56. The Bertz CT molecular complexity index is 335. The molecule has 0 heterocycles. The number of benzene rings is 1. The van der Waals surface area contributed by atoms with Crippen LogP contribution in [0.3, 0.4) is 0 Å². The summed E-state index contributed by atoms with van der Waals surface area (Å²) in [6, 6.07) is 5.13. The van der Waals surface area contributed by atoms with Crippen molar-refractivity contribution < 1.29 is 18.3 Å². The van der Waals surface area contributed by atoms with E-state index in [1.54, 1.807) is 6.07 Å². The smallest absolute Gasteiger partial charge is 0.394 e. The van der Waals surface area contributed by atoms with Gasteiger partial charge in [-0.25, -0.2) is 0 Å². The van der Waals surface area contributed by atoms with Crippen LogP contribution < -0.4 is 5.73 Å². The van der Waals surface area contributed by atoms with E-state index in [9.17, 15) is 13.2 Å². The van der Waals surface area contributed by atoms with Crippen molar-refractivity contribution in [3.63, 3.8) is 0 Å². The standard InChI is InChI=1S/C9H10F3NOS.ClH/c10-9(11,12)15-8-4-2-1-3-6(8)7(13)5-14;/h1-4,7,14H,5,13H2;1H/t7-;/m0./s1. The van der Waals surface area contributed by atoms with Gasteiger partial charge in [0.25, 0.3) is 0 Å². The molecule has 0 aliphatic rings. The monoisotopic (exact) mass is 273 g/mol. The molecule has 0 unspecified atom stereocenters. The van der Waals surface area contributed by atoms with Gasteiger partial charge in [0.1, 0.15) is 0 Å². The Labute approximate surface area is 101 Å². The maximum absolute atomic E-state index is 12.1. The zero-order valence-corrected chi connectivity index (χ0v) is 9.70. The van der Waals surface area contributed by atoms with Gasteiger partial charge >= 0.3 is 5.51 Å². The topological polar surface area (TPSA) is 46.2 Å². The first-order chi connectivity index (χ1) is 6.94. The van der Waals surface area contributed by atoms with Crippen molar-refractivity contribution in [3.05, 3.63) is 29.8 Å². The summed E-state index contributed by atoms with van der Waals surface area (Å²) in [7, 11) is 0. The summed E-state index contributed by atoms with van der Waals surface area (Å²) in [6.07, 6.45) is 0. The van der Waals surface area contributed by atoms with Gasteiger partial charge in [-0.3, -0.25) is 0 Å². The van der Waals surface area contributed by atoms with Crippen LogP contribution in [0.15, 0.2) is 29.2 Å². The summed E-state index contributed by atoms with van der Waals surface area (Å²) in [5, 5.41) is 8.80. The number of aliphatic hydroxyl groups excluding tert-OH is 1. The van der Waals surface area contributed by atoms with Crippen molar-refractivity contribution >= 4 is 24.2 Å². The highest BCUT2D eigenvalue weighted by Crippen LogP contribution is 2.39. The zero-order valence-electron chi connectivity index (χ0n) is 8.07. The number of halogens is 4. The van der Waals surface area contributed by atoms with Crippen molar-refractivity contribution in [1.82, 2.24) is 0 Å². The van der Waals surface area contributed by atoms with Crippen molar-refractivity contribution in [1.29, 1.82) is 0 Å². The molecule has 3 N–H and O–H groups in total. The van der Waals surface area contributed by atoms with Crippen molar-refractivity contribution in [2.24, 2.45) is 5.73 Å². The number of thioether (sulfide) groups is 1. The van der Waals surface area contributed by atoms with Gasteiger partial charge in [-0.15, -0.1) is 12.4 Å². The molecule has 16 heavy (non-hydrogen) atoms. The van der Waals surface area contributed by atoms with E-state index in [-0.39, 0.29) is 35.7 Å². The lowest BCUT2D eigenvalue weighted by atomic mass is 10.1. The highest BCUT2D eigenvalue weighted by Gasteiger charge is 2.30. The Balaban J connectivity index is 0.00000225. The van der Waals surface area contributed by atoms with Gasteiger partial charge in [0.15, 0.2) is 0 Å². The van der Waals surface area contributed by atoms with Crippen LogP contribution in [-0.2, 0) is 0 Å². The average molecular weight is 274 g/mol. The van der Waals surface area contributed by atoms with E-state index in [2.05, 4.69) is 0 Å². The van der Waals surface area contributed by atoms with E-state index in [1.165, 1.54) is 18.2 Å². The molecule has 7 heteroatoms. The minimum absolute atomic E-state index is 0. The summed E-state index contributed by atoms with van der Waals surface area (Å²) in [6.45, 7) is -0.380. The Kier molecular flexibility index (Phi) is 6.17. The van der Waals surface area contributed by atoms with Gasteiger partial charge in [-0.05, 0) is 23.4 Å². The molecule has 1 aromatic carbocycles. The highest BCUT2D eigenvalue weighted by atomic mass is 35.5. The van der Waals surface area contributed by atoms with E-state index in [0.717, 1.165) is 0 Å². The molecule has 1 rings (SSSR count). The second-order valence-corrected chi connectivity index (χ2v) is 3.98. The molecule has 0 aromatic heterocycles. The van der Waals surface area contributed by atoms with Gasteiger partial charge in [0.2, 0.25) is 0 Å². The predicted molar refractivity (Wildman–Crippen MR) is 59.6 cm³/mol. The predicted octanol–water partition coefficient (Wildman–Crippen LogP) is 2.71. The third-order valence-electron chi connectivity index (χ3n) is 1.74. The fourth-order valence-corrected chi connectivity index (χ4v) is 1.84. The van der Waals surface area contributed by atoms with Crippen LogP contribution in [0.2, 0.25) is 0 Å². The SMILES string of the molecule is Cl.N[C@@H](CO)c1ccccc1SC(F)(F)F. The molecule has 0 radical (unpaired) electrons. The molecule has 0 spiro atoms. The van der Waals surface area contributed by atoms with Crippen molar-refractivity contribution in [2.45, 2.75) is 16.4 Å². The fraction of sp³-hybridized carbons (Fsp3) is 0.333. The maximum atomic E-state index is 12.1. The van der Waals surface area contributed by atoms with E-state index in [0.29, 0.717) is 5.56 Å². The second-order valence-electron chi connectivity index (χ2n) is 2.87. The van der Waals surface area contributed by atoms with Crippen molar-refractivity contribution in [2.75, 3.05) is 6.61 Å². The summed E-state index contributed by atoms with van der Waals surface area (Å²) in [4.78, 5) is 0.0338. The van der Waals surface area contributed by atoms with Crippen LogP contribution in [0.4, 0.5) is 13.2 Å². The molecule has 0 fully saturated rings. The van der Waals surface area contributed by atoms with Gasteiger partial charge in [0, 0.05) is 4.90 Å². The Morgan fingerprint density at radius 1 is 1.31 bits per heavy atom. The molecule has 0 saturated carbocycles. The summed E-state index contributed by atoms with van der Waals surface area (Å²) >= 11 is -0.220. The van der Waals surface area contributed by atoms with E-state index in [1.807, 2.05) is 0 Å². The molecule has 1 atom stereocenters. The van der Waals surface area contributed by atoms with Crippen molar-refractivity contribution in [3.8, 4) is 0 Å². The quantitative estimate of drug-likeness (QED) is 0.833. The average Bonchev–Trinajstić information content (AvgIpc) is 2.15. The van der Waals surface area contributed by atoms with Crippen LogP contribution in [-0.4, -0.2) is 17.2 Å². The first-order valence-electron chi connectivity index (χ1n) is 4.15. The molecule has 0 aliphatic carbocycles. The minimum Gasteiger partial charge on any atom is -0.394 e. The minimum atomic E-state index is -4.34. The van der Waals surface area contributed by atoms with Gasteiger partial charge < -0.3 is 10.8 Å². The summed E-state index contributed by atoms with van der Waals surface area (Å²) < 4.78 is 36.4. The summed E-state index contributed by atoms with van der Waals surface area (Å²) in [5.41, 5.74) is 1.45. The number of alkyl halides is 3. The van der Waals surface area contributed by atoms with Gasteiger partial charge in [-0.1, -0.05) is 18.2 Å². The largest absolute Gasteiger partial charge is 0.446 e. The molecule has 2 nitrogen and oxygen atoms in total. The molecular formula is C9H11ClF3NOS. The molecule has 0 amide bonds. The van der Waals surface area contributed by atoms with Crippen LogP contribution in [0.1, 0.15) is 11.6 Å². The lowest BCUT2D eigenvalue weighted by molar-refractivity contribution is -0.0328. The third kappa shape index (κ3) is 4.61. The first kappa shape index (κ1) is 15.6. The first-order valence-corrected chi connectivity index (χ1v) is 4.97. The number of hydrogen-bond donors (Lipinski definition) is 2. The van der Waals surface area contributed by atoms with Gasteiger partial charge in [0.05, 0.1) is 12.6 Å². The Morgan fingerprint density at radius 3 is 2.38 bits per heavy atom. The normalized spacial score (nSPS) is 13.1. The number of hydrogen-bond acceptors (Lipinski definition) is 3. The van der Waals surface area contributed by atoms with Crippen LogP contribution in [0.25, 0.3) is 0 Å². The van der Waals surface area contributed by atoms with Crippen LogP contribution in [0, 0.1) is 0 Å². The Morgan fingerprint density at radius 2 is 1.88 bits per heavy atom. The molecule has 0 aliphatic heterocycles. The summed E-state index contributed by atoms with van der Waals surface area (Å²) in [5.74, 6) is 0. The van der Waals surface area contributed by atoms with E-state index in [4.69, 9.17) is 10.8 Å². The van der Waals surface area contributed by atoms with Crippen LogP contribution >= 0.6 is 24.2 Å². The number of aliphatic hydroxyl groups is 1. The van der Waals surface area contributed by atoms with Gasteiger partial charge in [-0.2, -0.15) is 13.2 Å². The second kappa shape index (κ2) is 6.34. The lowest BCUT2D eigenvalue weighted by Gasteiger charge is -2.14. The van der Waals surface area contributed by atoms with Crippen LogP contribution in [0.5, 0.6) is 0 Å². The molecular weight excluding hydrogens is 263 g/mol. The molecule has 1 aromatic rings. The lowest BCUT2D eigenvalue weighted by Crippen LogP contribution is -2.16.